The number of allylic oxidation sites excluding steroid dienone is 1. The first kappa shape index (κ1) is 30.6. The Bertz CT molecular complexity index is 1300. The van der Waals surface area contributed by atoms with Gasteiger partial charge in [-0.05, 0) is 62.4 Å². The summed E-state index contributed by atoms with van der Waals surface area (Å²) in [5.41, 5.74) is 12.1. The van der Waals surface area contributed by atoms with Gasteiger partial charge in [-0.3, -0.25) is 0 Å². The van der Waals surface area contributed by atoms with Crippen LogP contribution in [0.15, 0.2) is 54.7 Å². The van der Waals surface area contributed by atoms with Crippen molar-refractivity contribution in [2.24, 2.45) is 0 Å². The van der Waals surface area contributed by atoms with E-state index in [-0.39, 0.29) is 10.8 Å². The molecule has 1 aromatic heterocycles. The molecule has 0 spiro atoms. The first-order chi connectivity index (χ1) is 18.1. The van der Waals surface area contributed by atoms with Crippen LogP contribution >= 0.6 is 0 Å². The van der Waals surface area contributed by atoms with Crippen LogP contribution in [-0.2, 0) is 10.8 Å². The van der Waals surface area contributed by atoms with Crippen molar-refractivity contribution in [3.05, 3.63) is 77.1 Å². The van der Waals surface area contributed by atoms with Gasteiger partial charge in [0, 0.05) is 0 Å². The van der Waals surface area contributed by atoms with Crippen molar-refractivity contribution in [1.29, 1.82) is 0 Å². The Morgan fingerprint density at radius 1 is 0.795 bits per heavy atom. The van der Waals surface area contributed by atoms with Gasteiger partial charge in [-0.25, -0.2) is 4.68 Å². The van der Waals surface area contributed by atoms with Crippen molar-refractivity contribution in [2.45, 2.75) is 111 Å². The highest BCUT2D eigenvalue weighted by Gasteiger charge is 2.41. The van der Waals surface area contributed by atoms with Crippen molar-refractivity contribution in [2.75, 3.05) is 0 Å². The van der Waals surface area contributed by atoms with Gasteiger partial charge in [-0.15, -0.1) is 10.6 Å². The van der Waals surface area contributed by atoms with Gasteiger partial charge in [0.1, 0.15) is 13.8 Å². The van der Waals surface area contributed by atoms with Crippen molar-refractivity contribution in [3.63, 3.8) is 0 Å². The molecule has 0 amide bonds. The van der Waals surface area contributed by atoms with Crippen LogP contribution in [-0.4, -0.2) is 23.1 Å². The predicted octanol–water partition coefficient (Wildman–Crippen LogP) is 9.62. The van der Waals surface area contributed by atoms with E-state index < -0.39 is 8.07 Å². The largest absolute Gasteiger partial charge is 0.220 e. The van der Waals surface area contributed by atoms with Gasteiger partial charge in [-0.2, -0.15) is 0 Å². The topological polar surface area (TPSA) is 30.7 Å². The molecular weight excluding hydrogens is 490 g/mol. The average molecular weight is 540 g/mol. The molecular formula is C35H49N3Si. The first-order valence-electron chi connectivity index (χ1n) is 14.4. The minimum atomic E-state index is -1.91. The Hall–Kier alpha value is -2.90. The van der Waals surface area contributed by atoms with Crippen LogP contribution < -0.4 is 0 Å². The van der Waals surface area contributed by atoms with Gasteiger partial charge in [0.25, 0.3) is 0 Å². The molecule has 0 N–H and O–H groups in total. The third kappa shape index (κ3) is 7.00. The normalized spacial score (nSPS) is 13.3. The van der Waals surface area contributed by atoms with Crippen LogP contribution in [0.2, 0.25) is 16.6 Å². The first-order valence-corrected chi connectivity index (χ1v) is 16.7. The van der Waals surface area contributed by atoms with E-state index in [4.69, 9.17) is 0 Å². The van der Waals surface area contributed by atoms with Crippen molar-refractivity contribution in [1.82, 2.24) is 15.0 Å². The minimum absolute atomic E-state index is 0.0295. The molecule has 3 nitrogen and oxygen atoms in total. The monoisotopic (exact) mass is 539 g/mol. The number of hydrogen-bond acceptors (Lipinski definition) is 2. The van der Waals surface area contributed by atoms with Crippen LogP contribution in [0, 0.1) is 11.5 Å². The smallest absolute Gasteiger partial charge is 0.146 e. The van der Waals surface area contributed by atoms with E-state index >= 15 is 0 Å². The highest BCUT2D eigenvalue weighted by atomic mass is 28.3. The molecule has 0 fully saturated rings. The molecule has 0 saturated carbocycles. The number of nitrogens with zero attached hydrogens (tertiary/aromatic N) is 3. The molecule has 39 heavy (non-hydrogen) atoms. The second-order valence-electron chi connectivity index (χ2n) is 13.9. The molecule has 208 valence electrons. The lowest BCUT2D eigenvalue weighted by atomic mass is 9.80. The molecule has 0 unspecified atom stereocenters. The van der Waals surface area contributed by atoms with Gasteiger partial charge in [0.05, 0.1) is 17.5 Å². The quantitative estimate of drug-likeness (QED) is 0.231. The van der Waals surface area contributed by atoms with Crippen LogP contribution in [0.1, 0.15) is 105 Å². The summed E-state index contributed by atoms with van der Waals surface area (Å²) in [5, 5.41) is 9.28. The Labute approximate surface area is 239 Å². The zero-order valence-corrected chi connectivity index (χ0v) is 27.3. The Morgan fingerprint density at radius 2 is 1.31 bits per heavy atom. The molecule has 0 saturated heterocycles. The molecule has 2 aromatic carbocycles. The molecule has 3 aromatic rings. The summed E-state index contributed by atoms with van der Waals surface area (Å²) >= 11 is 0. The standard InChI is InChI=1S/C35H49N3Si/c1-25(2)39(26(3)4,27(5)6)19-18-29(20-28-16-14-13-15-17-28)33-24-38(37-36-33)32-22-30(34(7,8)9)21-31(23-32)35(10,11)12/h13-17,20-27H,1-12H3/b29-20-. The maximum atomic E-state index is 4.67. The summed E-state index contributed by atoms with van der Waals surface area (Å²) in [5.74, 6) is 3.66. The van der Waals surface area contributed by atoms with E-state index in [1.54, 1.807) is 0 Å². The second kappa shape index (κ2) is 11.7. The molecule has 0 bridgehead atoms. The summed E-state index contributed by atoms with van der Waals surface area (Å²) in [7, 11) is -1.91. The van der Waals surface area contributed by atoms with E-state index in [1.807, 2.05) is 16.9 Å². The van der Waals surface area contributed by atoms with Gasteiger partial charge >= 0.3 is 0 Å². The molecule has 0 aliphatic heterocycles. The third-order valence-electron chi connectivity index (χ3n) is 8.07. The zero-order chi connectivity index (χ0) is 29.2. The lowest BCUT2D eigenvalue weighted by Gasteiger charge is -2.38. The maximum absolute atomic E-state index is 4.67. The summed E-state index contributed by atoms with van der Waals surface area (Å²) in [6.07, 6.45) is 4.20. The molecule has 0 radical (unpaired) electrons. The van der Waals surface area contributed by atoms with E-state index in [9.17, 15) is 0 Å². The summed E-state index contributed by atoms with van der Waals surface area (Å²) in [6.45, 7) is 27.7. The van der Waals surface area contributed by atoms with Gasteiger partial charge < -0.3 is 0 Å². The molecule has 1 heterocycles. The van der Waals surface area contributed by atoms with Crippen LogP contribution in [0.3, 0.4) is 0 Å². The third-order valence-corrected chi connectivity index (χ3v) is 14.4. The highest BCUT2D eigenvalue weighted by molar-refractivity contribution is 6.90. The van der Waals surface area contributed by atoms with Crippen LogP contribution in [0.25, 0.3) is 17.3 Å². The molecule has 3 rings (SSSR count). The molecule has 0 aliphatic carbocycles. The summed E-state index contributed by atoms with van der Waals surface area (Å²) < 4.78 is 1.92. The lowest BCUT2D eigenvalue weighted by Crippen LogP contribution is -2.43. The minimum Gasteiger partial charge on any atom is -0.220 e. The van der Waals surface area contributed by atoms with Crippen molar-refractivity contribution >= 4 is 19.7 Å². The Balaban J connectivity index is 2.20. The van der Waals surface area contributed by atoms with Gasteiger partial charge in [-0.1, -0.05) is 131 Å². The van der Waals surface area contributed by atoms with Crippen molar-refractivity contribution < 1.29 is 0 Å². The summed E-state index contributed by atoms with van der Waals surface area (Å²) in [6, 6.07) is 17.2. The van der Waals surface area contributed by atoms with E-state index in [0.29, 0.717) is 16.6 Å². The predicted molar refractivity (Wildman–Crippen MR) is 172 cm³/mol. The fraction of sp³-hybridized carbons (Fsp3) is 0.486. The molecule has 0 aliphatic rings. The fourth-order valence-corrected chi connectivity index (χ4v) is 10.8. The number of rotatable bonds is 6. The Kier molecular flexibility index (Phi) is 9.18. The number of aromatic nitrogens is 3. The van der Waals surface area contributed by atoms with E-state index in [1.165, 1.54) is 11.1 Å². The van der Waals surface area contributed by atoms with Crippen LogP contribution in [0.5, 0.6) is 0 Å². The fourth-order valence-electron chi connectivity index (χ4n) is 5.62. The zero-order valence-electron chi connectivity index (χ0n) is 26.3. The highest BCUT2D eigenvalue weighted by Crippen LogP contribution is 2.41. The van der Waals surface area contributed by atoms with Gasteiger partial charge in [0.2, 0.25) is 0 Å². The number of hydrogen-bond donors (Lipinski definition) is 0. The average Bonchev–Trinajstić information content (AvgIpc) is 3.32. The van der Waals surface area contributed by atoms with Crippen molar-refractivity contribution in [3.8, 4) is 17.2 Å². The summed E-state index contributed by atoms with van der Waals surface area (Å²) in [4.78, 5) is 0. The second-order valence-corrected chi connectivity index (χ2v) is 19.5. The SMILES string of the molecule is CC(C)[Si](C#C/C(=C/c1ccccc1)c1cn(-c2cc(C(C)(C)C)cc(C(C)(C)C)c2)nn1)(C(C)C)C(C)C. The molecule has 0 atom stereocenters. The molecule has 4 heteroatoms. The number of benzene rings is 2. The Morgan fingerprint density at radius 3 is 1.77 bits per heavy atom. The lowest BCUT2D eigenvalue weighted by molar-refractivity contribution is 0.566. The van der Waals surface area contributed by atoms with Crippen LogP contribution in [0.4, 0.5) is 0 Å². The maximum Gasteiger partial charge on any atom is 0.146 e. The van der Waals surface area contributed by atoms with E-state index in [0.717, 1.165) is 22.5 Å². The van der Waals surface area contributed by atoms with E-state index in [2.05, 4.69) is 153 Å². The van der Waals surface area contributed by atoms with Gasteiger partial charge in [0.15, 0.2) is 0 Å².